The number of carbonyl (C=O) groups is 2. The van der Waals surface area contributed by atoms with Gasteiger partial charge in [0, 0.05) is 19.4 Å². The van der Waals surface area contributed by atoms with Crippen molar-refractivity contribution in [1.82, 2.24) is 0 Å². The molecule has 12 heteroatoms. The predicted molar refractivity (Wildman–Crippen MR) is 222 cm³/mol. The SMILES string of the molecule is CC/C=C\C[C@H](O)/C=C/C=C\C=C\[C@H](O)C/C=C\C/C=C\CCC(=O)O[C@H](COC(=O)CCCCCCCCCCCCCCC)COP(=O)(O)OCCN. The molecule has 0 aliphatic heterocycles. The highest BCUT2D eigenvalue weighted by molar-refractivity contribution is 7.47. The molecule has 0 spiro atoms. The van der Waals surface area contributed by atoms with Gasteiger partial charge in [-0.25, -0.2) is 4.57 Å². The maximum absolute atomic E-state index is 12.5. The van der Waals surface area contributed by atoms with Crippen LogP contribution in [0.2, 0.25) is 0 Å². The topological polar surface area (TPSA) is 175 Å². The number of esters is 2. The smallest absolute Gasteiger partial charge is 0.462 e. The average molecular weight is 796 g/mol. The number of phosphoric acid groups is 1. The second-order valence-corrected chi connectivity index (χ2v) is 15.0. The van der Waals surface area contributed by atoms with Gasteiger partial charge in [-0.05, 0) is 38.5 Å². The summed E-state index contributed by atoms with van der Waals surface area (Å²) in [4.78, 5) is 34.8. The van der Waals surface area contributed by atoms with Crippen molar-refractivity contribution in [2.24, 2.45) is 5.73 Å². The number of hydrogen-bond donors (Lipinski definition) is 4. The Morgan fingerprint density at radius 2 is 1.20 bits per heavy atom. The van der Waals surface area contributed by atoms with Crippen LogP contribution < -0.4 is 5.73 Å². The Hall–Kier alpha value is -2.63. The van der Waals surface area contributed by atoms with Crippen molar-refractivity contribution in [2.45, 2.75) is 161 Å². The first-order chi connectivity index (χ1) is 26.6. The van der Waals surface area contributed by atoms with E-state index in [1.54, 1.807) is 36.5 Å². The van der Waals surface area contributed by atoms with E-state index in [2.05, 4.69) is 6.92 Å². The Balaban J connectivity index is 4.45. The lowest BCUT2D eigenvalue weighted by Crippen LogP contribution is -2.29. The summed E-state index contributed by atoms with van der Waals surface area (Å²) in [6, 6.07) is 0. The second kappa shape index (κ2) is 38.3. The molecule has 316 valence electrons. The molecule has 11 nitrogen and oxygen atoms in total. The first kappa shape index (κ1) is 52.4. The fraction of sp³-hybridized carbons (Fsp3) is 0.674. The molecule has 1 unspecified atom stereocenters. The molecule has 0 bridgehead atoms. The van der Waals surface area contributed by atoms with Gasteiger partial charge < -0.3 is 30.3 Å². The molecule has 5 N–H and O–H groups in total. The van der Waals surface area contributed by atoms with E-state index in [1.165, 1.54) is 57.8 Å². The Morgan fingerprint density at radius 3 is 1.76 bits per heavy atom. The van der Waals surface area contributed by atoms with Crippen LogP contribution in [0.15, 0.2) is 72.9 Å². The van der Waals surface area contributed by atoms with Gasteiger partial charge in [-0.3, -0.25) is 18.6 Å². The number of phosphoric ester groups is 1. The van der Waals surface area contributed by atoms with Crippen LogP contribution in [-0.4, -0.2) is 71.7 Å². The fourth-order valence-corrected chi connectivity index (χ4v) is 5.95. The number of carbonyl (C=O) groups excluding carboxylic acids is 2. The van der Waals surface area contributed by atoms with E-state index in [1.807, 2.05) is 43.4 Å². The van der Waals surface area contributed by atoms with Crippen LogP contribution in [0.1, 0.15) is 142 Å². The zero-order chi connectivity index (χ0) is 40.7. The minimum absolute atomic E-state index is 0.0212. The molecular formula is C43H74NO10P. The van der Waals surface area contributed by atoms with Crippen LogP contribution in [0, 0.1) is 0 Å². The number of unbranched alkanes of at least 4 members (excludes halogenated alkanes) is 12. The molecule has 55 heavy (non-hydrogen) atoms. The number of allylic oxidation sites excluding steroid dienone is 8. The molecule has 0 saturated carbocycles. The van der Waals surface area contributed by atoms with Crippen molar-refractivity contribution in [1.29, 1.82) is 0 Å². The van der Waals surface area contributed by atoms with Gasteiger partial charge in [0.25, 0.3) is 0 Å². The summed E-state index contributed by atoms with van der Waals surface area (Å²) in [6.45, 7) is 3.31. The summed E-state index contributed by atoms with van der Waals surface area (Å²) in [7, 11) is -4.42. The zero-order valence-corrected chi connectivity index (χ0v) is 34.7. The van der Waals surface area contributed by atoms with Crippen LogP contribution in [0.25, 0.3) is 0 Å². The Morgan fingerprint density at radius 1 is 0.655 bits per heavy atom. The van der Waals surface area contributed by atoms with E-state index in [9.17, 15) is 29.3 Å². The lowest BCUT2D eigenvalue weighted by atomic mass is 10.0. The molecule has 0 aliphatic rings. The van der Waals surface area contributed by atoms with E-state index >= 15 is 0 Å². The van der Waals surface area contributed by atoms with Gasteiger partial charge in [-0.2, -0.15) is 0 Å². The summed E-state index contributed by atoms with van der Waals surface area (Å²) >= 11 is 0. The standard InChI is InChI=1S/C43H74NO10P/c1-3-5-7-8-9-10-11-12-13-14-15-19-27-33-42(47)51-37-41(38-53-55(49,50)52-36-35-44)54-43(48)34-28-20-17-16-18-24-30-40(46)32-26-22-21-25-31-39(45)29-23-6-4-2/h6,17-18,20-26,31-32,39-41,45-46H,3-5,7-16,19,27-30,33-38,44H2,1-2H3,(H,49,50)/b20-17-,22-21-,23-6-,24-18-,31-25+,32-26+/t39-,40+,41+/m0/s1. The third-order valence-electron chi connectivity index (χ3n) is 8.29. The molecule has 0 rings (SSSR count). The number of aliphatic hydroxyl groups is 2. The van der Waals surface area contributed by atoms with Crippen LogP contribution in [0.5, 0.6) is 0 Å². The first-order valence-electron chi connectivity index (χ1n) is 20.6. The summed E-state index contributed by atoms with van der Waals surface area (Å²) in [5.74, 6) is -1.00. The monoisotopic (exact) mass is 796 g/mol. The quantitative estimate of drug-likeness (QED) is 0.0155. The molecule has 0 saturated heterocycles. The van der Waals surface area contributed by atoms with E-state index < -0.39 is 44.7 Å². The number of nitrogens with two attached hydrogens (primary N) is 1. The van der Waals surface area contributed by atoms with Crippen molar-refractivity contribution in [3.8, 4) is 0 Å². The maximum Gasteiger partial charge on any atom is 0.472 e. The number of aliphatic hydroxyl groups excluding tert-OH is 2. The number of rotatable bonds is 37. The highest BCUT2D eigenvalue weighted by Crippen LogP contribution is 2.43. The summed E-state index contributed by atoms with van der Waals surface area (Å²) in [5, 5.41) is 19.9. The first-order valence-corrected chi connectivity index (χ1v) is 22.1. The van der Waals surface area contributed by atoms with E-state index in [-0.39, 0.29) is 32.6 Å². The van der Waals surface area contributed by atoms with Gasteiger partial charge in [0.05, 0.1) is 25.4 Å². The van der Waals surface area contributed by atoms with E-state index in [0.717, 1.165) is 25.7 Å². The molecule has 0 aromatic carbocycles. The molecule has 0 fully saturated rings. The molecule has 0 amide bonds. The summed E-state index contributed by atoms with van der Waals surface area (Å²) < 4.78 is 32.6. The van der Waals surface area contributed by atoms with Crippen LogP contribution >= 0.6 is 7.82 Å². The van der Waals surface area contributed by atoms with Gasteiger partial charge in [0.2, 0.25) is 0 Å². The van der Waals surface area contributed by atoms with Crippen LogP contribution in [0.4, 0.5) is 0 Å². The fourth-order valence-electron chi connectivity index (χ4n) is 5.19. The van der Waals surface area contributed by atoms with E-state index in [4.69, 9.17) is 24.3 Å². The number of ether oxygens (including phenoxy) is 2. The Kier molecular flexibility index (Phi) is 36.4. The third-order valence-corrected chi connectivity index (χ3v) is 9.27. The highest BCUT2D eigenvalue weighted by atomic mass is 31.2. The molecule has 0 aromatic rings. The van der Waals surface area contributed by atoms with Gasteiger partial charge in [0.15, 0.2) is 6.10 Å². The van der Waals surface area contributed by atoms with Crippen molar-refractivity contribution in [2.75, 3.05) is 26.4 Å². The minimum atomic E-state index is -4.42. The van der Waals surface area contributed by atoms with Crippen LogP contribution in [0.3, 0.4) is 0 Å². The zero-order valence-electron chi connectivity index (χ0n) is 33.9. The number of hydrogen-bond acceptors (Lipinski definition) is 10. The van der Waals surface area contributed by atoms with Gasteiger partial charge in [-0.15, -0.1) is 0 Å². The maximum atomic E-state index is 12.5. The van der Waals surface area contributed by atoms with E-state index in [0.29, 0.717) is 32.1 Å². The lowest BCUT2D eigenvalue weighted by Gasteiger charge is -2.19. The predicted octanol–water partition coefficient (Wildman–Crippen LogP) is 9.43. The van der Waals surface area contributed by atoms with Crippen LogP contribution in [-0.2, 0) is 32.7 Å². The summed E-state index contributed by atoms with van der Waals surface area (Å²) in [5.41, 5.74) is 5.33. The van der Waals surface area contributed by atoms with Gasteiger partial charge >= 0.3 is 19.8 Å². The van der Waals surface area contributed by atoms with Crippen molar-refractivity contribution in [3.05, 3.63) is 72.9 Å². The van der Waals surface area contributed by atoms with Gasteiger partial charge in [-0.1, -0.05) is 164 Å². The average Bonchev–Trinajstić information content (AvgIpc) is 3.16. The molecule has 0 radical (unpaired) electrons. The Bertz CT molecular complexity index is 1170. The second-order valence-electron chi connectivity index (χ2n) is 13.5. The molecule has 0 aromatic heterocycles. The van der Waals surface area contributed by atoms with Gasteiger partial charge in [0.1, 0.15) is 6.61 Å². The largest absolute Gasteiger partial charge is 0.472 e. The molecule has 0 heterocycles. The molecule has 0 aliphatic carbocycles. The van der Waals surface area contributed by atoms with Crippen molar-refractivity contribution in [3.63, 3.8) is 0 Å². The Labute approximate surface area is 332 Å². The van der Waals surface area contributed by atoms with Crippen molar-refractivity contribution >= 4 is 19.8 Å². The third kappa shape index (κ3) is 38.0. The molecule has 4 atom stereocenters. The summed E-state index contributed by atoms with van der Waals surface area (Å²) in [6.07, 6.45) is 38.7. The molecular weight excluding hydrogens is 721 g/mol. The normalized spacial score (nSPS) is 15.2. The van der Waals surface area contributed by atoms with Crippen molar-refractivity contribution < 1.29 is 47.8 Å². The highest BCUT2D eigenvalue weighted by Gasteiger charge is 2.25. The minimum Gasteiger partial charge on any atom is -0.462 e. The lowest BCUT2D eigenvalue weighted by molar-refractivity contribution is -0.161.